The summed E-state index contributed by atoms with van der Waals surface area (Å²) >= 11 is 0.434. The Balaban J connectivity index is 1.67. The van der Waals surface area contributed by atoms with Crippen molar-refractivity contribution in [2.24, 2.45) is 0 Å². The number of carbonyl (C=O) groups excluding carboxylic acids is 2. The summed E-state index contributed by atoms with van der Waals surface area (Å²) in [6.45, 7) is 7.05. The maximum absolute atomic E-state index is 13.2. The first-order chi connectivity index (χ1) is 15.9. The van der Waals surface area contributed by atoms with Gasteiger partial charge in [0.25, 0.3) is 0 Å². The van der Waals surface area contributed by atoms with Gasteiger partial charge < -0.3 is 4.74 Å². The van der Waals surface area contributed by atoms with E-state index < -0.39 is 33.5 Å². The molecular formula is C22H25N5O5STl+. The second-order valence-corrected chi connectivity index (χ2v) is 13.2. The molecule has 1 aliphatic rings. The molecule has 0 saturated heterocycles. The molecule has 4 rings (SSSR count). The molecule has 2 atom stereocenters. The third-order valence-corrected chi connectivity index (χ3v) is 8.74. The molecule has 3 heterocycles. The first-order valence-corrected chi connectivity index (χ1v) is 14.3. The van der Waals surface area contributed by atoms with Crippen LogP contribution in [0.15, 0.2) is 35.5 Å². The number of aromatic nitrogens is 3. The van der Waals surface area contributed by atoms with Crippen molar-refractivity contribution in [1.82, 2.24) is 17.9 Å². The van der Waals surface area contributed by atoms with Gasteiger partial charge in [-0.3, -0.25) is 0 Å². The van der Waals surface area contributed by atoms with Gasteiger partial charge >= 0.3 is 178 Å². The molecule has 176 valence electrons. The van der Waals surface area contributed by atoms with Gasteiger partial charge in [0.15, 0.2) is 0 Å². The van der Waals surface area contributed by atoms with Crippen LogP contribution < -0.4 is 10.6 Å². The Labute approximate surface area is 213 Å². The van der Waals surface area contributed by atoms with Gasteiger partial charge in [0.2, 0.25) is 0 Å². The van der Waals surface area contributed by atoms with E-state index in [1.165, 1.54) is 6.07 Å². The van der Waals surface area contributed by atoms with E-state index in [1.54, 1.807) is 54.7 Å². The predicted octanol–water partition coefficient (Wildman–Crippen LogP) is 2.82. The molecular weight excluding hydrogens is 651 g/mol. The van der Waals surface area contributed by atoms with E-state index in [1.807, 2.05) is 0 Å². The number of benzene rings is 1. The van der Waals surface area contributed by atoms with Gasteiger partial charge in [-0.05, 0) is 20.8 Å². The van der Waals surface area contributed by atoms with Gasteiger partial charge in [-0.15, -0.1) is 0 Å². The zero-order valence-corrected chi connectivity index (χ0v) is 24.6. The SMILES string of the molecule is Cc1cc2c(cc1C(=O)Nc1ccnc3c1cn[n]3[Tl])S(=O)(=[OH+])CC[C@@H]2NC(=O)OC(C)(C)C. The Hall–Kier alpha value is -2.55. The molecule has 0 radical (unpaired) electrons. The molecule has 34 heavy (non-hydrogen) atoms. The van der Waals surface area contributed by atoms with Crippen molar-refractivity contribution in [3.63, 3.8) is 0 Å². The van der Waals surface area contributed by atoms with Crippen molar-refractivity contribution in [3.8, 4) is 0 Å². The van der Waals surface area contributed by atoms with E-state index in [9.17, 15) is 18.0 Å². The van der Waals surface area contributed by atoms with E-state index in [4.69, 9.17) is 4.74 Å². The summed E-state index contributed by atoms with van der Waals surface area (Å²) in [5.41, 5.74) is 2.01. The van der Waals surface area contributed by atoms with E-state index in [-0.39, 0.29) is 22.6 Å². The molecule has 0 saturated carbocycles. The molecule has 0 spiro atoms. The summed E-state index contributed by atoms with van der Waals surface area (Å²) in [5, 5.41) is 10.6. The van der Waals surface area contributed by atoms with Crippen molar-refractivity contribution in [2.45, 2.75) is 50.7 Å². The van der Waals surface area contributed by atoms with E-state index >= 15 is 0 Å². The average Bonchev–Trinajstić information content (AvgIpc) is 3.10. The first-order valence-electron chi connectivity index (χ1n) is 10.6. The molecule has 2 aromatic heterocycles. The number of amides is 2. The van der Waals surface area contributed by atoms with Crippen molar-refractivity contribution in [3.05, 3.63) is 47.3 Å². The van der Waals surface area contributed by atoms with Crippen LogP contribution in [0.25, 0.3) is 11.0 Å². The average molecular weight is 676 g/mol. The van der Waals surface area contributed by atoms with Crippen LogP contribution in [0.2, 0.25) is 0 Å². The summed E-state index contributed by atoms with van der Waals surface area (Å²) in [4.78, 5) is 30.0. The molecule has 0 aliphatic carbocycles. The second-order valence-electron chi connectivity index (χ2n) is 9.18. The fraction of sp³-hybridized carbons (Fsp3) is 0.364. The fourth-order valence-electron chi connectivity index (χ4n) is 3.89. The number of fused-ring (bicyclic) bond motifs is 2. The Morgan fingerprint density at radius 1 is 1.32 bits per heavy atom. The van der Waals surface area contributed by atoms with E-state index in [0.717, 1.165) is 5.39 Å². The number of anilines is 1. The second kappa shape index (κ2) is 8.91. The molecule has 12 heteroatoms. The Morgan fingerprint density at radius 2 is 2.06 bits per heavy atom. The normalized spacial score (nSPS) is 19.9. The minimum atomic E-state index is -3.36. The van der Waals surface area contributed by atoms with Crippen LogP contribution in [0.5, 0.6) is 0 Å². The molecule has 10 nitrogen and oxygen atoms in total. The van der Waals surface area contributed by atoms with Crippen LogP contribution in [-0.2, 0) is 14.6 Å². The van der Waals surface area contributed by atoms with Crippen LogP contribution >= 0.6 is 0 Å². The van der Waals surface area contributed by atoms with Crippen LogP contribution in [0.4, 0.5) is 10.5 Å². The van der Waals surface area contributed by atoms with Gasteiger partial charge in [0, 0.05) is 0 Å². The summed E-state index contributed by atoms with van der Waals surface area (Å²) in [6.07, 6.45) is 2.94. The number of hydrogen-bond donors (Lipinski definition) is 2. The molecule has 0 bridgehead atoms. The summed E-state index contributed by atoms with van der Waals surface area (Å²) < 4.78 is 30.7. The standard InChI is InChI=1S/C22H25N5O5S.Tl/c1-12-9-14-17(26-21(29)32-22(2,3)4)6-8-33(30,31)18(14)10-13(12)20(28)25-16-5-7-23-19-15(16)11-24-27-19;/h5,7,9-11,17H,6,8H2,1-4H3,(H3,23,24,25,26,27,28,29);/q;+1/t17-;/m0./s1. The zero-order valence-electron chi connectivity index (χ0n) is 19.3. The van der Waals surface area contributed by atoms with E-state index in [2.05, 4.69) is 20.7 Å². The molecule has 1 unspecified atom stereocenters. The molecule has 1 aromatic carbocycles. The van der Waals surface area contributed by atoms with Crippen molar-refractivity contribution in [1.29, 1.82) is 0 Å². The third kappa shape index (κ3) is 4.94. The number of pyridine rings is 1. The number of rotatable bonds is 3. The van der Waals surface area contributed by atoms with Gasteiger partial charge in [-0.1, -0.05) is 0 Å². The Bertz CT molecular complexity index is 1410. The monoisotopic (exact) mass is 676 g/mol. The van der Waals surface area contributed by atoms with Crippen LogP contribution in [0, 0.1) is 6.92 Å². The Morgan fingerprint density at radius 3 is 2.76 bits per heavy atom. The molecule has 0 fully saturated rings. The zero-order chi connectivity index (χ0) is 24.8. The number of aryl methyl sites for hydroxylation is 1. The molecule has 1 aliphatic heterocycles. The summed E-state index contributed by atoms with van der Waals surface area (Å²) in [7, 11) is -3.36. The minimum absolute atomic E-state index is 0.0318. The van der Waals surface area contributed by atoms with Gasteiger partial charge in [0.1, 0.15) is 5.60 Å². The quantitative estimate of drug-likeness (QED) is 0.324. The van der Waals surface area contributed by atoms with Crippen LogP contribution in [-0.4, -0.2) is 70.4 Å². The number of ether oxygens (including phenoxy) is 1. The Kier molecular flexibility index (Phi) is 6.44. The predicted molar refractivity (Wildman–Crippen MR) is 128 cm³/mol. The molecule has 2 amide bonds. The third-order valence-electron chi connectivity index (χ3n) is 5.44. The fourth-order valence-corrected chi connectivity index (χ4v) is 6.60. The van der Waals surface area contributed by atoms with Crippen molar-refractivity contribution < 1.29 is 22.7 Å². The number of hydrogen-bond acceptors (Lipinski definition) is 6. The molecule has 3 aromatic rings. The van der Waals surface area contributed by atoms with Crippen LogP contribution in [0.1, 0.15) is 54.7 Å². The van der Waals surface area contributed by atoms with Crippen molar-refractivity contribution in [2.75, 3.05) is 11.1 Å². The number of alkyl carbamates (subject to hydrolysis) is 1. The summed E-state index contributed by atoms with van der Waals surface area (Å²) in [5.74, 6) is -0.440. The first kappa shape index (κ1) is 24.6. The number of nitrogens with zero attached hydrogens (tertiary/aromatic N) is 3. The van der Waals surface area contributed by atoms with Crippen LogP contribution in [0.3, 0.4) is 0 Å². The topological polar surface area (TPSA) is 137 Å². The summed E-state index contributed by atoms with van der Waals surface area (Å²) in [6, 6.07) is 4.35. The number of carbonyl (C=O) groups is 2. The van der Waals surface area contributed by atoms with Gasteiger partial charge in [-0.25, -0.2) is 4.79 Å². The number of nitrogens with one attached hydrogen (secondary N) is 2. The van der Waals surface area contributed by atoms with E-state index in [0.29, 0.717) is 48.5 Å². The smallest absolute Gasteiger partial charge is 0.444 e. The molecule has 3 N–H and O–H groups in total. The van der Waals surface area contributed by atoms with Gasteiger partial charge in [0.05, 0.1) is 0 Å². The van der Waals surface area contributed by atoms with Gasteiger partial charge in [-0.2, -0.15) is 0 Å². The van der Waals surface area contributed by atoms with Crippen molar-refractivity contribution >= 4 is 64.6 Å². The maximum atomic E-state index is 13.2. The minimum Gasteiger partial charge on any atom is -0.444 e.